The van der Waals surface area contributed by atoms with Crippen molar-refractivity contribution < 1.29 is 9.59 Å². The molecule has 2 heterocycles. The smallest absolute Gasteiger partial charge is 0.319 e. The number of nitrogens with zero attached hydrogens (tertiary/aromatic N) is 1. The van der Waals surface area contributed by atoms with Gasteiger partial charge < -0.3 is 21.3 Å². The van der Waals surface area contributed by atoms with Crippen molar-refractivity contribution in [3.63, 3.8) is 0 Å². The molecule has 30 heavy (non-hydrogen) atoms. The third kappa shape index (κ3) is 8.98. The number of aromatic nitrogens is 1. The molecule has 0 aliphatic carbocycles. The van der Waals surface area contributed by atoms with Crippen molar-refractivity contribution in [1.82, 2.24) is 15.6 Å². The van der Waals surface area contributed by atoms with Crippen LogP contribution in [0.5, 0.6) is 0 Å². The highest BCUT2D eigenvalue weighted by Gasteiger charge is 2.14. The second-order valence-corrected chi connectivity index (χ2v) is 7.02. The third-order valence-electron chi connectivity index (χ3n) is 4.84. The van der Waals surface area contributed by atoms with Gasteiger partial charge in [0, 0.05) is 36.7 Å². The molecule has 0 radical (unpaired) electrons. The summed E-state index contributed by atoms with van der Waals surface area (Å²) in [5, 5.41) is 11.8. The van der Waals surface area contributed by atoms with E-state index < -0.39 is 0 Å². The SMILES string of the molecule is Cl.Cl.O=C(CCC1CCNCC1)Nc1cccc(NC(=O)NCc2ccncc2)c1. The summed E-state index contributed by atoms with van der Waals surface area (Å²) in [6.45, 7) is 2.51. The molecule has 1 fully saturated rings. The van der Waals surface area contributed by atoms with Gasteiger partial charge in [0.15, 0.2) is 0 Å². The Labute approximate surface area is 189 Å². The van der Waals surface area contributed by atoms with Crippen LogP contribution in [0.15, 0.2) is 48.8 Å². The van der Waals surface area contributed by atoms with Crippen LogP contribution in [0, 0.1) is 5.92 Å². The van der Waals surface area contributed by atoms with Crippen LogP contribution in [0.2, 0.25) is 0 Å². The lowest BCUT2D eigenvalue weighted by Gasteiger charge is -2.22. The summed E-state index contributed by atoms with van der Waals surface area (Å²) >= 11 is 0. The fraction of sp³-hybridized carbons (Fsp3) is 0.381. The van der Waals surface area contributed by atoms with Gasteiger partial charge in [0.05, 0.1) is 0 Å². The standard InChI is InChI=1S/C21H27N5O2.2ClH/c27-20(5-4-16-6-10-22-11-7-16)25-18-2-1-3-19(14-18)26-21(28)24-15-17-8-12-23-13-9-17;;/h1-3,8-9,12-14,16,22H,4-7,10-11,15H2,(H,25,27)(H2,24,26,28);2*1H. The zero-order valence-corrected chi connectivity index (χ0v) is 18.4. The Hall–Kier alpha value is -2.35. The highest BCUT2D eigenvalue weighted by atomic mass is 35.5. The number of carbonyl (C=O) groups is 2. The van der Waals surface area contributed by atoms with Crippen LogP contribution >= 0.6 is 24.8 Å². The maximum atomic E-state index is 12.2. The van der Waals surface area contributed by atoms with E-state index >= 15 is 0 Å². The molecular weight excluding hydrogens is 425 g/mol. The van der Waals surface area contributed by atoms with E-state index in [1.807, 2.05) is 18.2 Å². The van der Waals surface area contributed by atoms with Gasteiger partial charge in [-0.1, -0.05) is 6.07 Å². The molecule has 3 amide bonds. The largest absolute Gasteiger partial charge is 0.334 e. The van der Waals surface area contributed by atoms with Gasteiger partial charge in [0.25, 0.3) is 0 Å². The number of anilines is 2. The van der Waals surface area contributed by atoms with Gasteiger partial charge in [0.2, 0.25) is 5.91 Å². The molecule has 0 bridgehead atoms. The summed E-state index contributed by atoms with van der Waals surface area (Å²) in [5.41, 5.74) is 2.28. The van der Waals surface area contributed by atoms with Gasteiger partial charge >= 0.3 is 6.03 Å². The molecule has 1 aliphatic rings. The first-order chi connectivity index (χ1) is 13.7. The van der Waals surface area contributed by atoms with Gasteiger partial charge in [-0.05, 0) is 74.2 Å². The number of nitrogens with one attached hydrogen (secondary N) is 4. The molecule has 0 atom stereocenters. The predicted molar refractivity (Wildman–Crippen MR) is 124 cm³/mol. The summed E-state index contributed by atoms with van der Waals surface area (Å²) in [5.74, 6) is 0.641. The Morgan fingerprint density at radius 2 is 1.67 bits per heavy atom. The number of piperidine rings is 1. The van der Waals surface area contributed by atoms with Crippen LogP contribution < -0.4 is 21.3 Å². The van der Waals surface area contributed by atoms with E-state index in [-0.39, 0.29) is 36.8 Å². The van der Waals surface area contributed by atoms with Gasteiger partial charge in [0.1, 0.15) is 0 Å². The number of halogens is 2. The first-order valence-electron chi connectivity index (χ1n) is 9.73. The number of carbonyl (C=O) groups excluding carboxylic acids is 2. The Bertz CT molecular complexity index is 786. The fourth-order valence-electron chi connectivity index (χ4n) is 3.26. The fourth-order valence-corrected chi connectivity index (χ4v) is 3.26. The van der Waals surface area contributed by atoms with E-state index in [1.54, 1.807) is 30.6 Å². The van der Waals surface area contributed by atoms with E-state index in [0.29, 0.717) is 30.3 Å². The molecule has 1 aromatic heterocycles. The molecular formula is C21H29Cl2N5O2. The quantitative estimate of drug-likeness (QED) is 0.509. The monoisotopic (exact) mass is 453 g/mol. The lowest BCUT2D eigenvalue weighted by atomic mass is 9.93. The first-order valence-corrected chi connectivity index (χ1v) is 9.73. The zero-order chi connectivity index (χ0) is 19.6. The molecule has 2 aromatic rings. The molecule has 0 saturated carbocycles. The number of pyridine rings is 1. The van der Waals surface area contributed by atoms with Crippen molar-refractivity contribution in [1.29, 1.82) is 0 Å². The van der Waals surface area contributed by atoms with Crippen molar-refractivity contribution in [2.24, 2.45) is 5.92 Å². The number of amides is 3. The Kier molecular flexibility index (Phi) is 11.8. The van der Waals surface area contributed by atoms with E-state index in [0.717, 1.165) is 37.9 Å². The summed E-state index contributed by atoms with van der Waals surface area (Å²) in [6, 6.07) is 10.6. The number of hydrogen-bond donors (Lipinski definition) is 4. The molecule has 164 valence electrons. The Morgan fingerprint density at radius 3 is 2.37 bits per heavy atom. The summed E-state index contributed by atoms with van der Waals surface area (Å²) < 4.78 is 0. The number of benzene rings is 1. The number of urea groups is 1. The number of hydrogen-bond acceptors (Lipinski definition) is 4. The van der Waals surface area contributed by atoms with Crippen LogP contribution in [0.3, 0.4) is 0 Å². The maximum Gasteiger partial charge on any atom is 0.319 e. The highest BCUT2D eigenvalue weighted by Crippen LogP contribution is 2.19. The Balaban J connectivity index is 0.00000225. The molecule has 1 saturated heterocycles. The van der Waals surface area contributed by atoms with Gasteiger partial charge in [-0.25, -0.2) is 4.79 Å². The Morgan fingerprint density at radius 1 is 1.00 bits per heavy atom. The average Bonchev–Trinajstić information content (AvgIpc) is 2.72. The molecule has 3 rings (SSSR count). The van der Waals surface area contributed by atoms with Crippen molar-refractivity contribution >= 4 is 48.1 Å². The normalized spacial score (nSPS) is 13.3. The second kappa shape index (κ2) is 13.8. The summed E-state index contributed by atoms with van der Waals surface area (Å²) in [4.78, 5) is 28.2. The molecule has 1 aromatic carbocycles. The first kappa shape index (κ1) is 25.7. The zero-order valence-electron chi connectivity index (χ0n) is 16.7. The van der Waals surface area contributed by atoms with Gasteiger partial charge in [-0.3, -0.25) is 9.78 Å². The van der Waals surface area contributed by atoms with Crippen LogP contribution in [-0.4, -0.2) is 30.0 Å². The van der Waals surface area contributed by atoms with E-state index in [9.17, 15) is 9.59 Å². The minimum Gasteiger partial charge on any atom is -0.334 e. The topological polar surface area (TPSA) is 95.2 Å². The molecule has 0 spiro atoms. The average molecular weight is 454 g/mol. The summed E-state index contributed by atoms with van der Waals surface area (Å²) in [7, 11) is 0. The van der Waals surface area contributed by atoms with Crippen molar-refractivity contribution in [2.75, 3.05) is 23.7 Å². The molecule has 1 aliphatic heterocycles. The van der Waals surface area contributed by atoms with Crippen molar-refractivity contribution in [2.45, 2.75) is 32.2 Å². The minimum absolute atomic E-state index is 0. The molecule has 9 heteroatoms. The summed E-state index contributed by atoms with van der Waals surface area (Å²) in [6.07, 6.45) is 7.10. The third-order valence-corrected chi connectivity index (χ3v) is 4.84. The molecule has 4 N–H and O–H groups in total. The lowest BCUT2D eigenvalue weighted by Crippen LogP contribution is -2.28. The second-order valence-electron chi connectivity index (χ2n) is 7.02. The van der Waals surface area contributed by atoms with Crippen molar-refractivity contribution in [3.05, 3.63) is 54.4 Å². The molecule has 0 unspecified atom stereocenters. The van der Waals surface area contributed by atoms with E-state index in [1.165, 1.54) is 0 Å². The van der Waals surface area contributed by atoms with Crippen LogP contribution in [0.4, 0.5) is 16.2 Å². The maximum absolute atomic E-state index is 12.2. The van der Waals surface area contributed by atoms with Crippen molar-refractivity contribution in [3.8, 4) is 0 Å². The molecule has 7 nitrogen and oxygen atoms in total. The predicted octanol–water partition coefficient (Wildman–Crippen LogP) is 3.97. The van der Waals surface area contributed by atoms with Gasteiger partial charge in [-0.2, -0.15) is 0 Å². The van der Waals surface area contributed by atoms with E-state index in [2.05, 4.69) is 26.3 Å². The number of rotatable bonds is 7. The van der Waals surface area contributed by atoms with Crippen LogP contribution in [0.25, 0.3) is 0 Å². The van der Waals surface area contributed by atoms with Gasteiger partial charge in [-0.15, -0.1) is 24.8 Å². The van der Waals surface area contributed by atoms with Crippen LogP contribution in [-0.2, 0) is 11.3 Å². The lowest BCUT2D eigenvalue weighted by molar-refractivity contribution is -0.116. The highest BCUT2D eigenvalue weighted by molar-refractivity contribution is 5.93. The van der Waals surface area contributed by atoms with E-state index in [4.69, 9.17) is 0 Å². The van der Waals surface area contributed by atoms with Crippen LogP contribution in [0.1, 0.15) is 31.2 Å². The minimum atomic E-state index is -0.300.